The Morgan fingerprint density at radius 2 is 1.53 bits per heavy atom. The van der Waals surface area contributed by atoms with Gasteiger partial charge in [-0.15, -0.1) is 0 Å². The van der Waals surface area contributed by atoms with Crippen LogP contribution in [0, 0.1) is 0 Å². The van der Waals surface area contributed by atoms with Crippen LogP contribution in [-0.2, 0) is 4.74 Å². The predicted molar refractivity (Wildman–Crippen MR) is 106 cm³/mol. The maximum atomic E-state index is 10.2. The van der Waals surface area contributed by atoms with Gasteiger partial charge in [0, 0.05) is 6.07 Å². The lowest BCUT2D eigenvalue weighted by Gasteiger charge is -2.39. The van der Waals surface area contributed by atoms with Crippen molar-refractivity contribution in [3.63, 3.8) is 0 Å². The van der Waals surface area contributed by atoms with E-state index >= 15 is 0 Å². The van der Waals surface area contributed by atoms with Crippen LogP contribution in [0.5, 0.6) is 23.0 Å². The maximum absolute atomic E-state index is 10.2. The van der Waals surface area contributed by atoms with Crippen LogP contribution in [0.25, 0.3) is 12.2 Å². The monoisotopic (exact) mass is 420 g/mol. The summed E-state index contributed by atoms with van der Waals surface area (Å²) in [5.74, 6) is 0.383. The van der Waals surface area contributed by atoms with Crippen molar-refractivity contribution in [2.45, 2.75) is 30.7 Å². The Hall–Kier alpha value is -2.82. The fraction of sp³-hybridized carbons (Fsp3) is 0.333. The minimum absolute atomic E-state index is 0.0731. The second kappa shape index (κ2) is 9.33. The summed E-state index contributed by atoms with van der Waals surface area (Å²) < 4.78 is 16.3. The van der Waals surface area contributed by atoms with E-state index in [1.54, 1.807) is 30.4 Å². The lowest BCUT2D eigenvalue weighted by molar-refractivity contribution is -0.277. The van der Waals surface area contributed by atoms with Gasteiger partial charge in [-0.1, -0.05) is 18.2 Å². The molecule has 0 amide bonds. The summed E-state index contributed by atoms with van der Waals surface area (Å²) in [5, 5.41) is 58.4. The highest BCUT2D eigenvalue weighted by Crippen LogP contribution is 2.33. The normalized spacial score (nSPS) is 26.6. The average Bonchev–Trinajstić information content (AvgIpc) is 2.72. The molecule has 0 saturated carbocycles. The topological polar surface area (TPSA) is 149 Å². The van der Waals surface area contributed by atoms with Gasteiger partial charge in [0.25, 0.3) is 0 Å². The standard InChI is InChI=1S/C21H24O9/c1-28-15-5-4-11(2-3-12-6-13(23)9-14(24)7-12)8-16(15)29-21-20(27)19(26)18(25)17(10-22)30-21/h2-9,17-27H,10H2,1H3. The second-order valence-corrected chi connectivity index (χ2v) is 6.84. The van der Waals surface area contributed by atoms with E-state index in [0.717, 1.165) is 0 Å². The number of rotatable bonds is 6. The molecule has 9 heteroatoms. The summed E-state index contributed by atoms with van der Waals surface area (Å²) in [6.45, 7) is -0.568. The molecule has 3 rings (SSSR count). The Morgan fingerprint density at radius 3 is 2.17 bits per heavy atom. The van der Waals surface area contributed by atoms with Crippen LogP contribution in [0.15, 0.2) is 36.4 Å². The Kier molecular flexibility index (Phi) is 6.80. The van der Waals surface area contributed by atoms with E-state index in [0.29, 0.717) is 16.9 Å². The highest BCUT2D eigenvalue weighted by atomic mass is 16.7. The lowest BCUT2D eigenvalue weighted by Crippen LogP contribution is -2.60. The highest BCUT2D eigenvalue weighted by Gasteiger charge is 2.44. The van der Waals surface area contributed by atoms with Crippen molar-refractivity contribution in [1.82, 2.24) is 0 Å². The van der Waals surface area contributed by atoms with Gasteiger partial charge in [-0.3, -0.25) is 0 Å². The fourth-order valence-electron chi connectivity index (χ4n) is 3.09. The molecule has 0 aliphatic carbocycles. The highest BCUT2D eigenvalue weighted by molar-refractivity contribution is 5.72. The summed E-state index contributed by atoms with van der Waals surface area (Å²) >= 11 is 0. The number of benzene rings is 2. The van der Waals surface area contributed by atoms with Gasteiger partial charge in [-0.2, -0.15) is 0 Å². The first-order chi connectivity index (χ1) is 14.3. The molecule has 0 bridgehead atoms. The van der Waals surface area contributed by atoms with Crippen LogP contribution in [0.2, 0.25) is 0 Å². The molecule has 0 aromatic heterocycles. The lowest BCUT2D eigenvalue weighted by atomic mass is 9.99. The maximum Gasteiger partial charge on any atom is 0.229 e. The largest absolute Gasteiger partial charge is 0.508 e. The number of aliphatic hydroxyl groups excluding tert-OH is 4. The van der Waals surface area contributed by atoms with Gasteiger partial charge in [-0.05, 0) is 35.4 Å². The Morgan fingerprint density at radius 1 is 0.867 bits per heavy atom. The number of hydrogen-bond acceptors (Lipinski definition) is 9. The number of phenolic OH excluding ortho intramolecular Hbond substituents is 2. The Labute approximate surface area is 172 Å². The molecule has 1 heterocycles. The van der Waals surface area contributed by atoms with Crippen molar-refractivity contribution in [2.24, 2.45) is 0 Å². The molecule has 0 spiro atoms. The second-order valence-electron chi connectivity index (χ2n) is 6.84. The summed E-state index contributed by atoms with van der Waals surface area (Å²) in [6.07, 6.45) is -3.68. The summed E-state index contributed by atoms with van der Waals surface area (Å²) in [5.41, 5.74) is 1.23. The number of methoxy groups -OCH3 is 1. The third kappa shape index (κ3) is 4.84. The number of hydrogen-bond donors (Lipinski definition) is 6. The molecular formula is C21H24O9. The predicted octanol–water partition coefficient (Wildman–Crippen LogP) is 0.456. The molecule has 1 aliphatic rings. The van der Waals surface area contributed by atoms with Crippen molar-refractivity contribution < 1.29 is 44.8 Å². The van der Waals surface area contributed by atoms with Crippen LogP contribution in [-0.4, -0.2) is 75.1 Å². The molecule has 1 saturated heterocycles. The molecule has 0 radical (unpaired) electrons. The van der Waals surface area contributed by atoms with E-state index in [2.05, 4.69) is 0 Å². The van der Waals surface area contributed by atoms with Crippen molar-refractivity contribution >= 4 is 12.2 Å². The molecule has 5 unspecified atom stereocenters. The van der Waals surface area contributed by atoms with Crippen molar-refractivity contribution in [1.29, 1.82) is 0 Å². The minimum atomic E-state index is -1.56. The molecular weight excluding hydrogens is 396 g/mol. The van der Waals surface area contributed by atoms with Gasteiger partial charge in [0.05, 0.1) is 13.7 Å². The molecule has 1 fully saturated rings. The first-order valence-corrected chi connectivity index (χ1v) is 9.18. The number of ether oxygens (including phenoxy) is 3. The van der Waals surface area contributed by atoms with Gasteiger partial charge in [0.1, 0.15) is 35.9 Å². The summed E-state index contributed by atoms with van der Waals surface area (Å²) in [4.78, 5) is 0. The molecule has 5 atom stereocenters. The zero-order chi connectivity index (χ0) is 21.8. The number of aliphatic hydroxyl groups is 4. The van der Waals surface area contributed by atoms with E-state index in [9.17, 15) is 30.6 Å². The van der Waals surface area contributed by atoms with Gasteiger partial charge < -0.3 is 44.8 Å². The molecule has 6 N–H and O–H groups in total. The van der Waals surface area contributed by atoms with E-state index in [1.807, 2.05) is 0 Å². The summed E-state index contributed by atoms with van der Waals surface area (Å²) in [6, 6.07) is 9.13. The SMILES string of the molecule is COc1ccc(C=Cc2cc(O)cc(O)c2)cc1OC1OC(CO)C(O)C(O)C1O. The van der Waals surface area contributed by atoms with Gasteiger partial charge in [-0.25, -0.2) is 0 Å². The van der Waals surface area contributed by atoms with Crippen LogP contribution < -0.4 is 9.47 Å². The van der Waals surface area contributed by atoms with E-state index in [-0.39, 0.29) is 17.2 Å². The van der Waals surface area contributed by atoms with Crippen LogP contribution in [0.3, 0.4) is 0 Å². The quantitative estimate of drug-likeness (QED) is 0.366. The molecule has 2 aromatic rings. The zero-order valence-electron chi connectivity index (χ0n) is 16.1. The van der Waals surface area contributed by atoms with Crippen molar-refractivity contribution in [3.05, 3.63) is 47.5 Å². The van der Waals surface area contributed by atoms with Crippen molar-refractivity contribution in [2.75, 3.05) is 13.7 Å². The minimum Gasteiger partial charge on any atom is -0.508 e. The molecule has 30 heavy (non-hydrogen) atoms. The molecule has 162 valence electrons. The Balaban J connectivity index is 1.83. The summed E-state index contributed by atoms with van der Waals surface area (Å²) in [7, 11) is 1.43. The van der Waals surface area contributed by atoms with Crippen LogP contribution >= 0.6 is 0 Å². The average molecular weight is 420 g/mol. The first-order valence-electron chi connectivity index (χ1n) is 9.18. The zero-order valence-corrected chi connectivity index (χ0v) is 16.1. The third-order valence-corrected chi connectivity index (χ3v) is 4.67. The fourth-order valence-corrected chi connectivity index (χ4v) is 3.09. The number of phenols is 2. The number of aromatic hydroxyl groups is 2. The van der Waals surface area contributed by atoms with Gasteiger partial charge >= 0.3 is 0 Å². The Bertz CT molecular complexity index is 876. The van der Waals surface area contributed by atoms with Gasteiger partial charge in [0.15, 0.2) is 11.5 Å². The van der Waals surface area contributed by atoms with Crippen LogP contribution in [0.4, 0.5) is 0 Å². The van der Waals surface area contributed by atoms with Crippen LogP contribution in [0.1, 0.15) is 11.1 Å². The van der Waals surface area contributed by atoms with E-state index in [1.165, 1.54) is 25.3 Å². The smallest absolute Gasteiger partial charge is 0.229 e. The molecule has 9 nitrogen and oxygen atoms in total. The van der Waals surface area contributed by atoms with Gasteiger partial charge in [0.2, 0.25) is 6.29 Å². The molecule has 1 aliphatic heterocycles. The van der Waals surface area contributed by atoms with E-state index < -0.39 is 37.3 Å². The van der Waals surface area contributed by atoms with E-state index in [4.69, 9.17) is 14.2 Å². The molecule has 2 aromatic carbocycles. The first kappa shape index (κ1) is 21.9. The third-order valence-electron chi connectivity index (χ3n) is 4.67. The van der Waals surface area contributed by atoms with Crippen molar-refractivity contribution in [3.8, 4) is 23.0 Å².